The van der Waals surface area contributed by atoms with Crippen molar-refractivity contribution in [3.8, 4) is 33.8 Å². The number of hydrogen-bond acceptors (Lipinski definition) is 19. The van der Waals surface area contributed by atoms with Gasteiger partial charge in [0.2, 0.25) is 35.4 Å². The minimum Gasteiger partial charge on any atom is -0.508 e. The highest BCUT2D eigenvalue weighted by atomic mass is 16.5. The van der Waals surface area contributed by atoms with Gasteiger partial charge in [-0.05, 0) is 84.5 Å². The number of amides is 7. The molecular weight excluding hydrogens is 1140 g/mol. The van der Waals surface area contributed by atoms with Crippen LogP contribution in [-0.2, 0) is 28.8 Å². The molecule has 16 N–H and O–H groups in total. The molecule has 4 aromatic carbocycles. The van der Waals surface area contributed by atoms with Crippen LogP contribution in [0.15, 0.2) is 97.1 Å². The Bertz CT molecular complexity index is 2990. The van der Waals surface area contributed by atoms with Crippen LogP contribution in [0.3, 0.4) is 0 Å². The van der Waals surface area contributed by atoms with Gasteiger partial charge >= 0.3 is 0 Å². The number of aromatic hydroxyl groups is 1. The Balaban J connectivity index is 1.22. The molecule has 3 fully saturated rings. The Morgan fingerprint density at radius 3 is 1.78 bits per heavy atom. The summed E-state index contributed by atoms with van der Waals surface area (Å²) in [5, 5.41) is 118. The van der Waals surface area contributed by atoms with E-state index in [1.165, 1.54) is 43.3 Å². The highest BCUT2D eigenvalue weighted by Crippen LogP contribution is 2.30. The van der Waals surface area contributed by atoms with Crippen LogP contribution < -0.4 is 42.0 Å². The number of unbranched alkanes of at least 4 members (excludes halogenated alkanes) is 2. The Labute approximate surface area is 509 Å². The van der Waals surface area contributed by atoms with E-state index in [2.05, 4.69) is 44.1 Å². The van der Waals surface area contributed by atoms with Gasteiger partial charge in [-0.15, -0.1) is 0 Å². The number of nitrogens with zero attached hydrogens (tertiary/aromatic N) is 2. The molecule has 0 spiro atoms. The minimum atomic E-state index is -2.29. The van der Waals surface area contributed by atoms with E-state index in [1.54, 1.807) is 12.1 Å². The average molecular weight is 1230 g/mol. The Hall–Kier alpha value is -7.63. The largest absolute Gasteiger partial charge is 0.508 e. The maximum atomic E-state index is 14.8. The van der Waals surface area contributed by atoms with Crippen LogP contribution in [0, 0.1) is 5.92 Å². The van der Waals surface area contributed by atoms with E-state index < -0.39 is 152 Å². The van der Waals surface area contributed by atoms with E-state index in [-0.39, 0.29) is 49.7 Å². The summed E-state index contributed by atoms with van der Waals surface area (Å²) in [4.78, 5) is 104. The molecule has 3 heterocycles. The first-order valence-electron chi connectivity index (χ1n) is 29.7. The van der Waals surface area contributed by atoms with Crippen LogP contribution in [0.2, 0.25) is 0 Å². The summed E-state index contributed by atoms with van der Waals surface area (Å²) in [6.07, 6.45) is -12.4. The zero-order valence-corrected chi connectivity index (χ0v) is 49.6. The third-order valence-corrected chi connectivity index (χ3v) is 16.0. The quantitative estimate of drug-likeness (QED) is 0.0436. The Kier molecular flexibility index (Phi) is 24.3. The second kappa shape index (κ2) is 31.5. The van der Waals surface area contributed by atoms with Gasteiger partial charge in [0.1, 0.15) is 66.1 Å². The average Bonchev–Trinajstić information content (AvgIpc) is 2.10. The zero-order chi connectivity index (χ0) is 63.9. The van der Waals surface area contributed by atoms with E-state index in [4.69, 9.17) is 4.74 Å². The molecule has 4 aromatic rings. The van der Waals surface area contributed by atoms with Gasteiger partial charge in [0.15, 0.2) is 0 Å². The van der Waals surface area contributed by atoms with Crippen molar-refractivity contribution in [3.63, 3.8) is 0 Å². The number of carbonyl (C=O) groups is 7. The fourth-order valence-electron chi connectivity index (χ4n) is 10.9. The van der Waals surface area contributed by atoms with Crippen LogP contribution in [0.4, 0.5) is 0 Å². The first-order chi connectivity index (χ1) is 42.0. The summed E-state index contributed by atoms with van der Waals surface area (Å²) < 4.78 is 5.86. The molecule has 0 aliphatic carbocycles. The molecule has 15 atom stereocenters. The van der Waals surface area contributed by atoms with Gasteiger partial charge < -0.3 is 92.4 Å². The molecule has 0 bridgehead atoms. The lowest BCUT2D eigenvalue weighted by Crippen LogP contribution is -2.64. The number of aliphatic hydroxyl groups excluding tert-OH is 8. The van der Waals surface area contributed by atoms with Gasteiger partial charge in [-0.3, -0.25) is 38.9 Å². The van der Waals surface area contributed by atoms with Crippen molar-refractivity contribution in [2.24, 2.45) is 5.92 Å². The van der Waals surface area contributed by atoms with E-state index in [1.807, 2.05) is 48.5 Å². The fraction of sp³-hybridized carbons (Fsp3) is 0.500. The molecule has 3 aliphatic heterocycles. The van der Waals surface area contributed by atoms with Crippen molar-refractivity contribution in [3.05, 3.63) is 108 Å². The van der Waals surface area contributed by atoms with Crippen molar-refractivity contribution in [1.29, 1.82) is 0 Å². The predicted octanol–water partition coefficient (Wildman–Crippen LogP) is -1.75. The van der Waals surface area contributed by atoms with Gasteiger partial charge in [0.05, 0.1) is 43.7 Å². The molecular formula is C62H83N9O17. The second-order valence-electron chi connectivity index (χ2n) is 22.7. The molecule has 3 saturated heterocycles. The van der Waals surface area contributed by atoms with Crippen LogP contribution >= 0.6 is 0 Å². The standard InChI is InChI=1S/C62H83N9O17/c1-5-6-7-28-88-44-22-18-39(19-23-44)37-10-8-36(9-11-37)38-12-14-41(15-13-38)56(81)65-45-30-47(77)55(64-25-24-63-26-27-72)69-60(85)51-52(78)33(2)31-71(51)62(87)49(35(4)74)67-59(84)50(54(80)53(79)40-16-20-42(75)21-17-40)68-58(83)46-29-43(76)32-70(46)61(86)48(34(3)73)66-57(45)82/h8-23,33-35,43,45-55,63-64,72-80H,5-7,24-32H2,1-4H3,(H,65,81)(H,66,82)(H,67,84)(H,68,83)(H,69,85)/t33-,34+,35+,43+,45?,46?,47+,48?,49?,50?,51?,52-,53-,54-,55?/m0/s1. The molecule has 7 unspecified atom stereocenters. The molecule has 26 nitrogen and oxygen atoms in total. The molecule has 26 heteroatoms. The SMILES string of the molecule is CCCCCOc1ccc(-c2ccc(-c3ccc(C(=O)NC4C[C@@H](O)C(NCCNCCO)NC(=O)C5[C@@H](O)[C@@H](C)CN5C(=O)C([C@@H](C)O)NC(=O)C([C@H](O)[C@@H](O)c5ccc(O)cc5)NC(=O)C5C[C@@H](O)CN5C(=O)C([C@@H](C)O)NC4=O)cc3)cc2)cc1. The number of phenolic OH excluding ortho intramolecular Hbond substituents is 1. The Morgan fingerprint density at radius 2 is 1.20 bits per heavy atom. The number of hydrogen-bond donors (Lipinski definition) is 16. The third-order valence-electron chi connectivity index (χ3n) is 16.0. The Morgan fingerprint density at radius 1 is 0.648 bits per heavy atom. The second-order valence-corrected chi connectivity index (χ2v) is 22.7. The topological polar surface area (TPSA) is 401 Å². The summed E-state index contributed by atoms with van der Waals surface area (Å²) in [6.45, 7) is 5.64. The number of aliphatic hydroxyl groups is 8. The molecule has 7 rings (SSSR count). The van der Waals surface area contributed by atoms with Crippen molar-refractivity contribution < 1.29 is 84.3 Å². The van der Waals surface area contributed by atoms with Gasteiger partial charge in [-0.25, -0.2) is 0 Å². The number of fused-ring (bicyclic) bond motifs is 2. The number of benzene rings is 4. The van der Waals surface area contributed by atoms with E-state index in [0.717, 1.165) is 70.9 Å². The number of phenols is 1. The molecule has 88 heavy (non-hydrogen) atoms. The van der Waals surface area contributed by atoms with E-state index in [0.29, 0.717) is 6.61 Å². The van der Waals surface area contributed by atoms with Gasteiger partial charge in [-0.2, -0.15) is 0 Å². The molecule has 3 aliphatic rings. The first-order valence-corrected chi connectivity index (χ1v) is 29.7. The van der Waals surface area contributed by atoms with Crippen molar-refractivity contribution in [1.82, 2.24) is 47.0 Å². The summed E-state index contributed by atoms with van der Waals surface area (Å²) in [6, 6.07) is 15.2. The fourth-order valence-corrected chi connectivity index (χ4v) is 10.9. The summed E-state index contributed by atoms with van der Waals surface area (Å²) >= 11 is 0. The number of rotatable bonds is 20. The lowest BCUT2D eigenvalue weighted by atomic mass is 9.96. The lowest BCUT2D eigenvalue weighted by Gasteiger charge is -2.34. The van der Waals surface area contributed by atoms with Crippen LogP contribution in [0.1, 0.15) is 81.8 Å². The monoisotopic (exact) mass is 1230 g/mol. The summed E-state index contributed by atoms with van der Waals surface area (Å²) in [7, 11) is 0. The van der Waals surface area contributed by atoms with Crippen LogP contribution in [0.25, 0.3) is 22.3 Å². The number of ether oxygens (including phenoxy) is 1. The minimum absolute atomic E-state index is 0.0346. The highest BCUT2D eigenvalue weighted by Gasteiger charge is 2.50. The van der Waals surface area contributed by atoms with Crippen LogP contribution in [-0.4, -0.2) is 222 Å². The maximum Gasteiger partial charge on any atom is 0.251 e. The maximum absolute atomic E-state index is 14.8. The molecule has 0 aromatic heterocycles. The molecule has 0 saturated carbocycles. The van der Waals surface area contributed by atoms with E-state index in [9.17, 15) is 79.5 Å². The predicted molar refractivity (Wildman–Crippen MR) is 319 cm³/mol. The van der Waals surface area contributed by atoms with E-state index >= 15 is 0 Å². The van der Waals surface area contributed by atoms with Crippen molar-refractivity contribution >= 4 is 41.4 Å². The summed E-state index contributed by atoms with van der Waals surface area (Å²) in [5.74, 6) is -8.26. The van der Waals surface area contributed by atoms with Gasteiger partial charge in [0.25, 0.3) is 5.91 Å². The smallest absolute Gasteiger partial charge is 0.251 e. The number of nitrogens with one attached hydrogen (secondary N) is 7. The van der Waals surface area contributed by atoms with Crippen molar-refractivity contribution in [2.45, 2.75) is 145 Å². The molecule has 0 radical (unpaired) electrons. The first kappa shape index (κ1) is 67.9. The van der Waals surface area contributed by atoms with Gasteiger partial charge in [0, 0.05) is 57.0 Å². The molecule has 7 amide bonds. The normalized spacial score (nSPS) is 26.5. The van der Waals surface area contributed by atoms with Gasteiger partial charge in [-0.1, -0.05) is 87.4 Å². The summed E-state index contributed by atoms with van der Waals surface area (Å²) in [5.41, 5.74) is 3.44. The molecule has 478 valence electrons. The highest BCUT2D eigenvalue weighted by molar-refractivity contribution is 6.00. The third kappa shape index (κ3) is 17.2. The van der Waals surface area contributed by atoms with Crippen molar-refractivity contribution in [2.75, 3.05) is 45.9 Å². The zero-order valence-electron chi connectivity index (χ0n) is 49.6. The lowest BCUT2D eigenvalue weighted by molar-refractivity contribution is -0.148. The number of carbonyl (C=O) groups excluding carboxylic acids is 7. The van der Waals surface area contributed by atoms with Crippen LogP contribution in [0.5, 0.6) is 11.5 Å².